The number of rotatable bonds is 5. The summed E-state index contributed by atoms with van der Waals surface area (Å²) in [5.74, 6) is 0.533. The fourth-order valence-corrected chi connectivity index (χ4v) is 6.22. The van der Waals surface area contributed by atoms with E-state index >= 15 is 0 Å². The summed E-state index contributed by atoms with van der Waals surface area (Å²) in [6, 6.07) is 6.07. The van der Waals surface area contributed by atoms with Crippen LogP contribution in [0.2, 0.25) is 0 Å². The van der Waals surface area contributed by atoms with Crippen LogP contribution in [-0.4, -0.2) is 50.0 Å². The third-order valence-electron chi connectivity index (χ3n) is 6.01. The molecule has 138 valence electrons. The van der Waals surface area contributed by atoms with Crippen molar-refractivity contribution in [2.24, 2.45) is 17.8 Å². The fourth-order valence-electron chi connectivity index (χ4n) is 4.65. The van der Waals surface area contributed by atoms with E-state index in [0.717, 1.165) is 16.6 Å². The van der Waals surface area contributed by atoms with Gasteiger partial charge in [0.25, 0.3) is 15.9 Å². The highest BCUT2D eigenvalue weighted by molar-refractivity contribution is 7.90. The van der Waals surface area contributed by atoms with Gasteiger partial charge in [-0.1, -0.05) is 12.1 Å². The highest BCUT2D eigenvalue weighted by Crippen LogP contribution is 2.60. The van der Waals surface area contributed by atoms with Crippen molar-refractivity contribution in [2.75, 3.05) is 13.2 Å². The van der Waals surface area contributed by atoms with Crippen molar-refractivity contribution < 1.29 is 27.5 Å². The van der Waals surface area contributed by atoms with Crippen LogP contribution in [-0.2, 0) is 24.3 Å². The quantitative estimate of drug-likeness (QED) is 0.716. The van der Waals surface area contributed by atoms with Gasteiger partial charge in [0, 0.05) is 12.5 Å². The summed E-state index contributed by atoms with van der Waals surface area (Å²) in [6.45, 7) is 0.108. The van der Waals surface area contributed by atoms with Gasteiger partial charge in [0.05, 0.1) is 30.8 Å². The maximum Gasteiger partial charge on any atom is 0.307 e. The molecule has 5 rings (SSSR count). The zero-order valence-corrected chi connectivity index (χ0v) is 14.9. The molecule has 3 heterocycles. The van der Waals surface area contributed by atoms with E-state index in [1.165, 1.54) is 18.6 Å². The number of carbonyl (C=O) groups excluding carboxylic acids is 2. The van der Waals surface area contributed by atoms with Gasteiger partial charge in [0.2, 0.25) is 0 Å². The van der Waals surface area contributed by atoms with Crippen LogP contribution in [0, 0.1) is 17.8 Å². The minimum atomic E-state index is -3.87. The van der Waals surface area contributed by atoms with Gasteiger partial charge in [-0.3, -0.25) is 9.59 Å². The first-order valence-electron chi connectivity index (χ1n) is 8.94. The van der Waals surface area contributed by atoms with Crippen LogP contribution in [0.4, 0.5) is 0 Å². The molecule has 2 saturated heterocycles. The maximum absolute atomic E-state index is 12.4. The Labute approximate surface area is 151 Å². The first kappa shape index (κ1) is 16.3. The fraction of sp³-hybridized carbons (Fsp3) is 0.556. The monoisotopic (exact) mass is 377 g/mol. The first-order chi connectivity index (χ1) is 12.5. The smallest absolute Gasteiger partial charge is 0.307 e. The summed E-state index contributed by atoms with van der Waals surface area (Å²) >= 11 is 0. The molecule has 5 atom stereocenters. The maximum atomic E-state index is 12.4. The summed E-state index contributed by atoms with van der Waals surface area (Å²) in [5, 5.41) is 0. The molecule has 0 aromatic heterocycles. The molecule has 0 radical (unpaired) electrons. The zero-order valence-electron chi connectivity index (χ0n) is 14.0. The number of fused-ring (bicyclic) bond motifs is 6. The summed E-state index contributed by atoms with van der Waals surface area (Å²) in [5.41, 5.74) is 0.152. The zero-order chi connectivity index (χ0) is 18.1. The summed E-state index contributed by atoms with van der Waals surface area (Å²) in [7, 11) is -3.87. The number of hydrogen-bond donors (Lipinski definition) is 0. The summed E-state index contributed by atoms with van der Waals surface area (Å²) in [4.78, 5) is 24.3. The van der Waals surface area contributed by atoms with Gasteiger partial charge in [-0.05, 0) is 36.8 Å². The van der Waals surface area contributed by atoms with Crippen LogP contribution in [0.25, 0.3) is 0 Å². The average Bonchev–Trinajstić information content (AvgIpc) is 3.18. The number of ether oxygens (including phenoxy) is 2. The van der Waals surface area contributed by atoms with Crippen molar-refractivity contribution >= 4 is 21.9 Å². The molecule has 1 aliphatic carbocycles. The van der Waals surface area contributed by atoms with E-state index in [2.05, 4.69) is 0 Å². The van der Waals surface area contributed by atoms with Gasteiger partial charge in [-0.25, -0.2) is 12.7 Å². The molecule has 1 aromatic carbocycles. The third-order valence-corrected chi connectivity index (χ3v) is 7.85. The molecule has 7 nitrogen and oxygen atoms in total. The Morgan fingerprint density at radius 3 is 2.77 bits per heavy atom. The second-order valence-electron chi connectivity index (χ2n) is 7.51. The minimum Gasteiger partial charge on any atom is -0.465 e. The lowest BCUT2D eigenvalue weighted by Gasteiger charge is -2.19. The van der Waals surface area contributed by atoms with Crippen molar-refractivity contribution in [3.63, 3.8) is 0 Å². The van der Waals surface area contributed by atoms with E-state index in [1.807, 2.05) is 0 Å². The number of nitrogens with zero attached hydrogens (tertiary/aromatic N) is 1. The Morgan fingerprint density at radius 2 is 2.04 bits per heavy atom. The first-order valence-corrected chi connectivity index (χ1v) is 10.4. The Hall–Kier alpha value is -1.93. The molecule has 0 spiro atoms. The molecule has 1 saturated carbocycles. The lowest BCUT2D eigenvalue weighted by atomic mass is 9.90. The molecule has 26 heavy (non-hydrogen) atoms. The lowest BCUT2D eigenvalue weighted by molar-refractivity contribution is -0.145. The number of benzene rings is 1. The largest absolute Gasteiger partial charge is 0.465 e. The molecule has 0 unspecified atom stereocenters. The summed E-state index contributed by atoms with van der Waals surface area (Å²) in [6.07, 6.45) is 2.57. The third kappa shape index (κ3) is 2.31. The molecule has 0 N–H and O–H groups in total. The van der Waals surface area contributed by atoms with E-state index in [0.29, 0.717) is 18.6 Å². The van der Waals surface area contributed by atoms with Crippen LogP contribution in [0.3, 0.4) is 0 Å². The normalized spacial score (nSPS) is 35.3. The molecule has 2 bridgehead atoms. The molecule has 4 aliphatic rings. The van der Waals surface area contributed by atoms with Crippen LogP contribution in [0.15, 0.2) is 29.2 Å². The molecule has 1 amide bonds. The van der Waals surface area contributed by atoms with Crippen molar-refractivity contribution in [1.82, 2.24) is 4.31 Å². The minimum absolute atomic E-state index is 0.00326. The lowest BCUT2D eigenvalue weighted by Crippen LogP contribution is -2.33. The Balaban J connectivity index is 1.17. The highest BCUT2D eigenvalue weighted by Gasteiger charge is 2.62. The van der Waals surface area contributed by atoms with E-state index in [1.54, 1.807) is 12.1 Å². The standard InChI is InChI=1S/C18H19NO6S/c20-16(24-9-10-7-14-12-8-13(12)17(10)25-14)5-6-19-18(21)11-3-1-2-4-15(11)26(19,22)23/h1-4,10,12-14,17H,5-9H2/t10-,12+,13-,14-,17+/m0/s1. The number of esters is 1. The van der Waals surface area contributed by atoms with Crippen LogP contribution in [0.5, 0.6) is 0 Å². The Bertz CT molecular complexity index is 897. The number of sulfonamides is 1. The molecular weight excluding hydrogens is 358 g/mol. The topological polar surface area (TPSA) is 90.0 Å². The average molecular weight is 377 g/mol. The van der Waals surface area contributed by atoms with Crippen molar-refractivity contribution in [3.8, 4) is 0 Å². The Kier molecular flexibility index (Phi) is 3.46. The van der Waals surface area contributed by atoms with Crippen LogP contribution < -0.4 is 0 Å². The summed E-state index contributed by atoms with van der Waals surface area (Å²) < 4.78 is 36.8. The van der Waals surface area contributed by atoms with E-state index in [9.17, 15) is 18.0 Å². The van der Waals surface area contributed by atoms with E-state index < -0.39 is 21.9 Å². The van der Waals surface area contributed by atoms with Gasteiger partial charge in [0.15, 0.2) is 0 Å². The molecule has 1 aromatic rings. The molecule has 3 aliphatic heterocycles. The number of hydrogen-bond acceptors (Lipinski definition) is 6. The predicted octanol–water partition coefficient (Wildman–Crippen LogP) is 1.19. The SMILES string of the molecule is O=C(CCN1C(=O)c2ccccc2S1(=O)=O)OC[C@@H]1C[C@@H]2O[C@H]1[C@H]1C[C@H]12. The molecular formula is C18H19NO6S. The van der Waals surface area contributed by atoms with Gasteiger partial charge in [-0.15, -0.1) is 0 Å². The van der Waals surface area contributed by atoms with Crippen LogP contribution in [0.1, 0.15) is 29.6 Å². The second-order valence-corrected chi connectivity index (χ2v) is 9.34. The van der Waals surface area contributed by atoms with Gasteiger partial charge >= 0.3 is 5.97 Å². The second kappa shape index (κ2) is 5.53. The van der Waals surface area contributed by atoms with Crippen LogP contribution >= 0.6 is 0 Å². The van der Waals surface area contributed by atoms with E-state index in [-0.39, 0.29) is 35.4 Å². The molecule has 3 fully saturated rings. The van der Waals surface area contributed by atoms with Gasteiger partial charge in [0.1, 0.15) is 4.90 Å². The molecule has 8 heteroatoms. The number of amides is 1. The van der Waals surface area contributed by atoms with Crippen molar-refractivity contribution in [3.05, 3.63) is 29.8 Å². The van der Waals surface area contributed by atoms with Crippen molar-refractivity contribution in [1.29, 1.82) is 0 Å². The van der Waals surface area contributed by atoms with Gasteiger partial charge in [-0.2, -0.15) is 0 Å². The Morgan fingerprint density at radius 1 is 1.23 bits per heavy atom. The van der Waals surface area contributed by atoms with Gasteiger partial charge < -0.3 is 9.47 Å². The highest BCUT2D eigenvalue weighted by atomic mass is 32.2. The predicted molar refractivity (Wildman–Crippen MR) is 88.6 cm³/mol. The number of carbonyl (C=O) groups is 2. The van der Waals surface area contributed by atoms with Crippen molar-refractivity contribution in [2.45, 2.75) is 36.4 Å². The van der Waals surface area contributed by atoms with E-state index in [4.69, 9.17) is 9.47 Å².